The number of hydrogen-bond donors (Lipinski definition) is 1. The lowest BCUT2D eigenvalue weighted by Gasteiger charge is -2.04. The van der Waals surface area contributed by atoms with Crippen LogP contribution in [-0.4, -0.2) is 18.4 Å². The molecule has 0 saturated carbocycles. The first-order chi connectivity index (χ1) is 8.38. The van der Waals surface area contributed by atoms with E-state index in [0.717, 1.165) is 11.3 Å². The number of nitrogens with one attached hydrogen (secondary N) is 1. The maximum Gasteiger partial charge on any atom is 0.266 e. The number of rotatable bonds is 3. The highest BCUT2D eigenvalue weighted by molar-refractivity contribution is 7.93. The van der Waals surface area contributed by atoms with E-state index in [1.807, 2.05) is 0 Å². The van der Waals surface area contributed by atoms with Crippen molar-refractivity contribution in [2.75, 3.05) is 4.72 Å². The van der Waals surface area contributed by atoms with Gasteiger partial charge in [-0.15, -0.1) is 11.3 Å². The summed E-state index contributed by atoms with van der Waals surface area (Å²) < 4.78 is 26.4. The summed E-state index contributed by atoms with van der Waals surface area (Å²) in [5.74, 6) is -0.138. The number of thiophene rings is 1. The monoisotopic (exact) mass is 343 g/mol. The zero-order chi connectivity index (χ0) is 13.3. The topological polar surface area (TPSA) is 72.0 Å². The first-order valence-corrected chi connectivity index (χ1v) is 7.78. The average Bonchev–Trinajstić information content (AvgIpc) is 2.58. The summed E-state index contributed by atoms with van der Waals surface area (Å²) in [5.41, 5.74) is 0. The molecule has 0 atom stereocenters. The smallest absolute Gasteiger partial charge is 0.247 e. The predicted octanol–water partition coefficient (Wildman–Crippen LogP) is 3.30. The Labute approximate surface area is 122 Å². The molecule has 10 heteroatoms. The van der Waals surface area contributed by atoms with Gasteiger partial charge in [0, 0.05) is 6.20 Å². The van der Waals surface area contributed by atoms with E-state index in [4.69, 9.17) is 34.8 Å². The van der Waals surface area contributed by atoms with Crippen LogP contribution in [0.4, 0.5) is 5.95 Å². The highest BCUT2D eigenvalue weighted by atomic mass is 35.5. The Hall–Kier alpha value is -0.600. The number of hydrogen-bond acceptors (Lipinski definition) is 5. The molecule has 96 valence electrons. The minimum Gasteiger partial charge on any atom is -0.247 e. The normalized spacial score (nSPS) is 11.5. The number of anilines is 1. The van der Waals surface area contributed by atoms with Crippen molar-refractivity contribution in [2.45, 2.75) is 4.90 Å². The first kappa shape index (κ1) is 13.8. The zero-order valence-electron chi connectivity index (χ0n) is 8.39. The molecule has 0 fully saturated rings. The Balaban J connectivity index is 2.36. The van der Waals surface area contributed by atoms with E-state index in [2.05, 4.69) is 14.7 Å². The van der Waals surface area contributed by atoms with Crippen molar-refractivity contribution >= 4 is 62.1 Å². The maximum atomic E-state index is 12.0. The second-order valence-electron chi connectivity index (χ2n) is 3.00. The molecule has 0 saturated heterocycles. The summed E-state index contributed by atoms with van der Waals surface area (Å²) in [6, 6.07) is 2.68. The summed E-state index contributed by atoms with van der Waals surface area (Å²) in [6.07, 6.45) is 1.33. The third-order valence-electron chi connectivity index (χ3n) is 1.76. The standard InChI is InChI=1S/C8H4Cl3N3O2S2/c9-5-1-2-12-8(13-5)14-18(15,16)4-3-6(10)17-7(4)11/h1-3H,(H,12,13,14). The quantitative estimate of drug-likeness (QED) is 0.867. The van der Waals surface area contributed by atoms with Crippen molar-refractivity contribution in [3.63, 3.8) is 0 Å². The molecule has 2 aromatic heterocycles. The summed E-state index contributed by atoms with van der Waals surface area (Å²) >= 11 is 18.0. The molecule has 0 spiro atoms. The van der Waals surface area contributed by atoms with Gasteiger partial charge in [0.05, 0.1) is 4.34 Å². The van der Waals surface area contributed by atoms with Crippen molar-refractivity contribution in [1.82, 2.24) is 9.97 Å². The van der Waals surface area contributed by atoms with Crippen LogP contribution in [0.1, 0.15) is 0 Å². The molecule has 0 aromatic carbocycles. The van der Waals surface area contributed by atoms with Crippen LogP contribution in [-0.2, 0) is 10.0 Å². The molecule has 0 aliphatic carbocycles. The fraction of sp³-hybridized carbons (Fsp3) is 0. The molecule has 5 nitrogen and oxygen atoms in total. The van der Waals surface area contributed by atoms with Gasteiger partial charge in [0.1, 0.15) is 14.4 Å². The third kappa shape index (κ3) is 3.04. The molecule has 0 aliphatic rings. The van der Waals surface area contributed by atoms with Gasteiger partial charge in [0.15, 0.2) is 0 Å². The molecule has 2 rings (SSSR count). The molecule has 18 heavy (non-hydrogen) atoms. The Kier molecular flexibility index (Phi) is 3.98. The molecule has 2 heterocycles. The highest BCUT2D eigenvalue weighted by Gasteiger charge is 2.22. The van der Waals surface area contributed by atoms with Crippen LogP contribution in [0.5, 0.6) is 0 Å². The zero-order valence-corrected chi connectivity index (χ0v) is 12.3. The average molecular weight is 345 g/mol. The number of nitrogens with zero attached hydrogens (tertiary/aromatic N) is 2. The fourth-order valence-corrected chi connectivity index (χ4v) is 4.31. The lowest BCUT2D eigenvalue weighted by Crippen LogP contribution is -2.14. The van der Waals surface area contributed by atoms with E-state index in [-0.39, 0.29) is 24.7 Å². The van der Waals surface area contributed by atoms with Gasteiger partial charge < -0.3 is 0 Å². The maximum absolute atomic E-state index is 12.0. The Morgan fingerprint density at radius 2 is 2.00 bits per heavy atom. The minimum atomic E-state index is -3.88. The molecule has 0 radical (unpaired) electrons. The Morgan fingerprint density at radius 1 is 1.28 bits per heavy atom. The van der Waals surface area contributed by atoms with Gasteiger partial charge >= 0.3 is 0 Å². The lowest BCUT2D eigenvalue weighted by atomic mass is 10.7. The Bertz CT molecular complexity index is 687. The van der Waals surface area contributed by atoms with E-state index in [1.165, 1.54) is 18.3 Å². The van der Waals surface area contributed by atoms with Crippen molar-refractivity contribution in [3.8, 4) is 0 Å². The fourth-order valence-electron chi connectivity index (χ4n) is 1.07. The second-order valence-corrected chi connectivity index (χ2v) is 7.32. The molecule has 0 bridgehead atoms. The number of halogens is 3. The molecule has 0 unspecified atom stereocenters. The van der Waals surface area contributed by atoms with Gasteiger partial charge in [-0.1, -0.05) is 34.8 Å². The van der Waals surface area contributed by atoms with Gasteiger partial charge in [0.2, 0.25) is 5.95 Å². The Morgan fingerprint density at radius 3 is 2.56 bits per heavy atom. The largest absolute Gasteiger partial charge is 0.266 e. The van der Waals surface area contributed by atoms with Gasteiger partial charge in [-0.25, -0.2) is 23.1 Å². The first-order valence-electron chi connectivity index (χ1n) is 4.35. The van der Waals surface area contributed by atoms with Crippen LogP contribution in [0.3, 0.4) is 0 Å². The minimum absolute atomic E-state index is 0.0644. The molecular formula is C8H4Cl3N3O2S2. The lowest BCUT2D eigenvalue weighted by molar-refractivity contribution is 0.601. The molecule has 1 N–H and O–H groups in total. The highest BCUT2D eigenvalue weighted by Crippen LogP contribution is 2.34. The molecule has 0 aliphatic heterocycles. The van der Waals surface area contributed by atoms with E-state index in [0.29, 0.717) is 0 Å². The summed E-state index contributed by atoms with van der Waals surface area (Å²) in [4.78, 5) is 7.32. The van der Waals surface area contributed by atoms with Crippen molar-refractivity contribution < 1.29 is 8.42 Å². The van der Waals surface area contributed by atoms with E-state index >= 15 is 0 Å². The van der Waals surface area contributed by atoms with Crippen LogP contribution in [0.2, 0.25) is 13.8 Å². The second kappa shape index (κ2) is 5.18. The summed E-state index contributed by atoms with van der Waals surface area (Å²) in [6.45, 7) is 0. The van der Waals surface area contributed by atoms with Crippen LogP contribution in [0.15, 0.2) is 23.2 Å². The summed E-state index contributed by atoms with van der Waals surface area (Å²) in [7, 11) is -3.88. The number of aromatic nitrogens is 2. The molecular weight excluding hydrogens is 341 g/mol. The van der Waals surface area contributed by atoms with Gasteiger partial charge in [0.25, 0.3) is 10.0 Å². The van der Waals surface area contributed by atoms with Crippen molar-refractivity contribution in [3.05, 3.63) is 32.2 Å². The SMILES string of the molecule is O=S(=O)(Nc1nccc(Cl)n1)c1cc(Cl)sc1Cl. The van der Waals surface area contributed by atoms with Gasteiger partial charge in [-0.05, 0) is 12.1 Å². The van der Waals surface area contributed by atoms with E-state index < -0.39 is 10.0 Å². The van der Waals surface area contributed by atoms with Crippen LogP contribution >= 0.6 is 46.1 Å². The van der Waals surface area contributed by atoms with Gasteiger partial charge in [-0.3, -0.25) is 0 Å². The van der Waals surface area contributed by atoms with Crippen molar-refractivity contribution in [2.24, 2.45) is 0 Å². The molecule has 2 aromatic rings. The number of sulfonamides is 1. The van der Waals surface area contributed by atoms with Crippen LogP contribution < -0.4 is 4.72 Å². The summed E-state index contributed by atoms with van der Waals surface area (Å²) in [5, 5.41) is 0.122. The van der Waals surface area contributed by atoms with Gasteiger partial charge in [-0.2, -0.15) is 0 Å². The van der Waals surface area contributed by atoms with Crippen LogP contribution in [0.25, 0.3) is 0 Å². The van der Waals surface area contributed by atoms with E-state index in [1.54, 1.807) is 0 Å². The predicted molar refractivity (Wildman–Crippen MR) is 72.2 cm³/mol. The molecule has 0 amide bonds. The van der Waals surface area contributed by atoms with E-state index in [9.17, 15) is 8.42 Å². The van der Waals surface area contributed by atoms with Crippen LogP contribution in [0, 0.1) is 0 Å². The third-order valence-corrected chi connectivity index (χ3v) is 5.05. The van der Waals surface area contributed by atoms with Crippen molar-refractivity contribution in [1.29, 1.82) is 0 Å².